The van der Waals surface area contributed by atoms with Crippen LogP contribution < -0.4 is 4.74 Å². The molecular weight excluding hydrogens is 278 g/mol. The molecule has 0 aliphatic heterocycles. The highest BCUT2D eigenvalue weighted by Crippen LogP contribution is 2.15. The van der Waals surface area contributed by atoms with E-state index in [2.05, 4.69) is 20.5 Å². The van der Waals surface area contributed by atoms with Crippen LogP contribution in [0.3, 0.4) is 0 Å². The van der Waals surface area contributed by atoms with Crippen molar-refractivity contribution in [2.75, 3.05) is 0 Å². The lowest BCUT2D eigenvalue weighted by molar-refractivity contribution is 0.0690. The summed E-state index contributed by atoms with van der Waals surface area (Å²) < 4.78 is 11.9. The maximum atomic E-state index is 10.7. The fraction of sp³-hybridized carbons (Fsp3) is 0.0833. The summed E-state index contributed by atoms with van der Waals surface area (Å²) in [4.78, 5) is 14.4. The molecule has 0 unspecified atom stereocenters. The van der Waals surface area contributed by atoms with Gasteiger partial charge in [0.1, 0.15) is 18.3 Å². The maximum Gasteiger partial charge on any atom is 0.357 e. The van der Waals surface area contributed by atoms with E-state index in [0.717, 1.165) is 12.0 Å². The van der Waals surface area contributed by atoms with Crippen molar-refractivity contribution in [3.63, 3.8) is 0 Å². The van der Waals surface area contributed by atoms with E-state index in [9.17, 15) is 4.79 Å². The van der Waals surface area contributed by atoms with Crippen LogP contribution in [-0.2, 0) is 6.61 Å². The van der Waals surface area contributed by atoms with Crippen molar-refractivity contribution < 1.29 is 19.1 Å². The molecule has 1 aromatic carbocycles. The van der Waals surface area contributed by atoms with Crippen molar-refractivity contribution in [1.29, 1.82) is 0 Å². The largest absolute Gasteiger partial charge is 0.484 e. The number of aromatic carboxylic acids is 1. The number of hydrogen-bond acceptors (Lipinski definition) is 7. The first kappa shape index (κ1) is 12.8. The van der Waals surface area contributed by atoms with Gasteiger partial charge in [0.25, 0.3) is 0 Å². The number of aromatic nitrogens is 5. The van der Waals surface area contributed by atoms with Crippen LogP contribution in [0.5, 0.6) is 5.75 Å². The third kappa shape index (κ3) is 2.86. The number of ether oxygens (including phenoxy) is 1. The van der Waals surface area contributed by atoms with E-state index in [-0.39, 0.29) is 18.2 Å². The Balaban J connectivity index is 1.64. The van der Waals surface area contributed by atoms with E-state index in [1.807, 2.05) is 0 Å². The Bertz CT molecular complexity index is 735. The van der Waals surface area contributed by atoms with E-state index < -0.39 is 5.97 Å². The van der Waals surface area contributed by atoms with E-state index >= 15 is 0 Å². The van der Waals surface area contributed by atoms with Crippen LogP contribution >= 0.6 is 0 Å². The number of rotatable bonds is 5. The molecule has 0 saturated heterocycles. The molecule has 0 atom stereocenters. The Morgan fingerprint density at radius 3 is 2.76 bits per heavy atom. The molecule has 0 amide bonds. The molecule has 106 valence electrons. The molecule has 9 heteroatoms. The minimum atomic E-state index is -1.14. The van der Waals surface area contributed by atoms with E-state index in [1.165, 1.54) is 11.0 Å². The second-order valence-electron chi connectivity index (χ2n) is 3.97. The molecule has 3 aromatic rings. The Hall–Kier alpha value is -3.23. The van der Waals surface area contributed by atoms with Crippen molar-refractivity contribution in [3.05, 3.63) is 48.4 Å². The van der Waals surface area contributed by atoms with Crippen molar-refractivity contribution >= 4 is 5.97 Å². The molecule has 1 N–H and O–H groups in total. The smallest absolute Gasteiger partial charge is 0.357 e. The van der Waals surface area contributed by atoms with Gasteiger partial charge >= 0.3 is 5.97 Å². The number of benzene rings is 1. The molecule has 9 nitrogen and oxygen atoms in total. The first-order valence-electron chi connectivity index (χ1n) is 5.86. The highest BCUT2D eigenvalue weighted by Gasteiger charge is 2.10. The molecule has 0 saturated carbocycles. The normalized spacial score (nSPS) is 10.5. The second-order valence-corrected chi connectivity index (χ2v) is 3.97. The van der Waals surface area contributed by atoms with Crippen LogP contribution in [0.1, 0.15) is 16.4 Å². The monoisotopic (exact) mass is 287 g/mol. The maximum absolute atomic E-state index is 10.7. The lowest BCUT2D eigenvalue weighted by Gasteiger charge is -2.04. The van der Waals surface area contributed by atoms with E-state index in [1.54, 1.807) is 24.3 Å². The van der Waals surface area contributed by atoms with Gasteiger partial charge in [-0.25, -0.2) is 14.5 Å². The summed E-state index contributed by atoms with van der Waals surface area (Å²) in [5.74, 6) is -0.366. The van der Waals surface area contributed by atoms with Gasteiger partial charge in [0.05, 0.1) is 5.69 Å². The minimum absolute atomic E-state index is 0.0392. The molecule has 0 spiro atoms. The standard InChI is InChI=1S/C12H9N5O4/c18-12(19)10-5-21-11(14-10)6-20-9-3-1-8(2-4-9)17-7-13-15-16-17/h1-5,7H,6H2,(H,18,19). The minimum Gasteiger partial charge on any atom is -0.484 e. The zero-order chi connectivity index (χ0) is 14.7. The Kier molecular flexibility index (Phi) is 3.29. The lowest BCUT2D eigenvalue weighted by atomic mass is 10.3. The van der Waals surface area contributed by atoms with Crippen LogP contribution in [0.4, 0.5) is 0 Å². The summed E-state index contributed by atoms with van der Waals surface area (Å²) in [6, 6.07) is 7.03. The molecule has 0 aliphatic carbocycles. The van der Waals surface area contributed by atoms with Gasteiger partial charge in [-0.15, -0.1) is 5.10 Å². The third-order valence-corrected chi connectivity index (χ3v) is 2.58. The summed E-state index contributed by atoms with van der Waals surface area (Å²) in [5.41, 5.74) is 0.638. The van der Waals surface area contributed by atoms with Crippen LogP contribution in [0.2, 0.25) is 0 Å². The fourth-order valence-corrected chi connectivity index (χ4v) is 1.60. The molecule has 0 radical (unpaired) electrons. The average molecular weight is 287 g/mol. The molecule has 2 aromatic heterocycles. The van der Waals surface area contributed by atoms with Gasteiger partial charge in [0, 0.05) is 0 Å². The number of tetrazole rings is 1. The molecule has 0 fully saturated rings. The van der Waals surface area contributed by atoms with Crippen molar-refractivity contribution in [2.45, 2.75) is 6.61 Å². The predicted octanol–water partition coefficient (Wildman–Crippen LogP) is 0.927. The van der Waals surface area contributed by atoms with Crippen LogP contribution in [-0.4, -0.2) is 36.3 Å². The predicted molar refractivity (Wildman–Crippen MR) is 66.9 cm³/mol. The SMILES string of the molecule is O=C(O)c1coc(COc2ccc(-n3cnnn3)cc2)n1. The zero-order valence-corrected chi connectivity index (χ0v) is 10.6. The molecular formula is C12H9N5O4. The molecule has 2 heterocycles. The van der Waals surface area contributed by atoms with E-state index in [0.29, 0.717) is 5.75 Å². The Morgan fingerprint density at radius 1 is 1.33 bits per heavy atom. The number of carboxylic acids is 1. The summed E-state index contributed by atoms with van der Waals surface area (Å²) in [5, 5.41) is 19.6. The second kappa shape index (κ2) is 5.41. The van der Waals surface area contributed by atoms with Crippen molar-refractivity contribution in [1.82, 2.24) is 25.2 Å². The Labute approximate surface area is 117 Å². The average Bonchev–Trinajstić information content (AvgIpc) is 3.17. The van der Waals surface area contributed by atoms with Gasteiger partial charge in [-0.05, 0) is 34.7 Å². The summed E-state index contributed by atoms with van der Waals surface area (Å²) in [6.07, 6.45) is 2.55. The fourth-order valence-electron chi connectivity index (χ4n) is 1.60. The summed E-state index contributed by atoms with van der Waals surface area (Å²) in [6.45, 7) is 0.0392. The number of nitrogens with zero attached hydrogens (tertiary/aromatic N) is 5. The molecule has 0 bridgehead atoms. The molecule has 0 aliphatic rings. The lowest BCUT2D eigenvalue weighted by Crippen LogP contribution is -2.00. The van der Waals surface area contributed by atoms with Crippen LogP contribution in [0, 0.1) is 0 Å². The topological polar surface area (TPSA) is 116 Å². The number of carbonyl (C=O) groups is 1. The quantitative estimate of drug-likeness (QED) is 0.736. The Morgan fingerprint density at radius 2 is 2.14 bits per heavy atom. The third-order valence-electron chi connectivity index (χ3n) is 2.58. The van der Waals surface area contributed by atoms with Crippen LogP contribution in [0.25, 0.3) is 5.69 Å². The molecule has 3 rings (SSSR count). The number of oxazole rings is 1. The highest BCUT2D eigenvalue weighted by atomic mass is 16.5. The number of carboxylic acid groups (broad SMARTS) is 1. The van der Waals surface area contributed by atoms with Crippen molar-refractivity contribution in [3.8, 4) is 11.4 Å². The number of hydrogen-bond donors (Lipinski definition) is 1. The molecule has 21 heavy (non-hydrogen) atoms. The van der Waals surface area contributed by atoms with Gasteiger partial charge in [-0.3, -0.25) is 0 Å². The van der Waals surface area contributed by atoms with Gasteiger partial charge in [0.2, 0.25) is 5.89 Å². The summed E-state index contributed by atoms with van der Waals surface area (Å²) in [7, 11) is 0. The first-order chi connectivity index (χ1) is 10.2. The van der Waals surface area contributed by atoms with Crippen molar-refractivity contribution in [2.24, 2.45) is 0 Å². The first-order valence-corrected chi connectivity index (χ1v) is 5.86. The van der Waals surface area contributed by atoms with Gasteiger partial charge in [-0.1, -0.05) is 0 Å². The van der Waals surface area contributed by atoms with Gasteiger partial charge in [0.15, 0.2) is 12.3 Å². The zero-order valence-electron chi connectivity index (χ0n) is 10.6. The summed E-state index contributed by atoms with van der Waals surface area (Å²) >= 11 is 0. The highest BCUT2D eigenvalue weighted by molar-refractivity contribution is 5.84. The van der Waals surface area contributed by atoms with Gasteiger partial charge < -0.3 is 14.3 Å². The van der Waals surface area contributed by atoms with Gasteiger partial charge in [-0.2, -0.15) is 0 Å². The van der Waals surface area contributed by atoms with Crippen LogP contribution in [0.15, 0.2) is 41.3 Å². The van der Waals surface area contributed by atoms with E-state index in [4.69, 9.17) is 14.3 Å².